The number of carbonyl (C=O) groups is 1. The van der Waals surface area contributed by atoms with Crippen molar-refractivity contribution in [1.29, 1.82) is 0 Å². The molecule has 0 amide bonds. The lowest BCUT2D eigenvalue weighted by molar-refractivity contribution is 0.103. The Morgan fingerprint density at radius 2 is 2.00 bits per heavy atom. The van der Waals surface area contributed by atoms with Crippen LogP contribution < -0.4 is 4.74 Å². The Hall–Kier alpha value is -2.26. The molecule has 3 rings (SSSR count). The number of ketones is 1. The van der Waals surface area contributed by atoms with Gasteiger partial charge in [0.25, 0.3) is 0 Å². The summed E-state index contributed by atoms with van der Waals surface area (Å²) in [7, 11) is 1.56. The summed E-state index contributed by atoms with van der Waals surface area (Å²) < 4.78 is 5.30. The zero-order valence-corrected chi connectivity index (χ0v) is 12.5. The van der Waals surface area contributed by atoms with Gasteiger partial charge in [0.15, 0.2) is 5.78 Å². The Morgan fingerprint density at radius 1 is 1.19 bits per heavy atom. The van der Waals surface area contributed by atoms with Gasteiger partial charge < -0.3 is 9.72 Å². The van der Waals surface area contributed by atoms with Crippen LogP contribution in [0.2, 0.25) is 5.02 Å². The standard InChI is InChI=1S/C17H14ClNO2/c1-10-6-7-15(21-2)11(8-10)17(20)12-9-19-14-5-3-4-13(18)16(12)14/h3-9,19H,1-2H3. The molecule has 106 valence electrons. The number of benzene rings is 2. The number of fused-ring (bicyclic) bond motifs is 1. The van der Waals surface area contributed by atoms with Crippen LogP contribution in [0.4, 0.5) is 0 Å². The van der Waals surface area contributed by atoms with Gasteiger partial charge in [-0.2, -0.15) is 0 Å². The molecule has 0 aliphatic carbocycles. The van der Waals surface area contributed by atoms with Crippen molar-refractivity contribution in [3.63, 3.8) is 0 Å². The lowest BCUT2D eigenvalue weighted by Gasteiger charge is -2.08. The Morgan fingerprint density at radius 3 is 2.76 bits per heavy atom. The minimum atomic E-state index is -0.102. The number of aromatic amines is 1. The van der Waals surface area contributed by atoms with Crippen LogP contribution in [0.15, 0.2) is 42.6 Å². The molecular weight excluding hydrogens is 286 g/mol. The number of aromatic nitrogens is 1. The molecule has 4 heteroatoms. The monoisotopic (exact) mass is 299 g/mol. The van der Waals surface area contributed by atoms with E-state index < -0.39 is 0 Å². The van der Waals surface area contributed by atoms with Gasteiger partial charge in [-0.1, -0.05) is 29.3 Å². The summed E-state index contributed by atoms with van der Waals surface area (Å²) in [4.78, 5) is 15.9. The van der Waals surface area contributed by atoms with Crippen molar-refractivity contribution < 1.29 is 9.53 Å². The summed E-state index contributed by atoms with van der Waals surface area (Å²) >= 11 is 6.24. The van der Waals surface area contributed by atoms with E-state index in [0.717, 1.165) is 16.5 Å². The molecule has 0 aliphatic heterocycles. The molecule has 1 aromatic heterocycles. The predicted octanol–water partition coefficient (Wildman–Crippen LogP) is 4.37. The van der Waals surface area contributed by atoms with E-state index in [4.69, 9.17) is 16.3 Å². The number of methoxy groups -OCH3 is 1. The van der Waals surface area contributed by atoms with E-state index in [-0.39, 0.29) is 5.78 Å². The summed E-state index contributed by atoms with van der Waals surface area (Å²) in [5, 5.41) is 1.30. The lowest BCUT2D eigenvalue weighted by Crippen LogP contribution is -2.04. The second-order valence-corrected chi connectivity index (χ2v) is 5.30. The van der Waals surface area contributed by atoms with Gasteiger partial charge in [0.05, 0.1) is 17.7 Å². The molecule has 0 saturated heterocycles. The number of hydrogen-bond acceptors (Lipinski definition) is 2. The molecule has 2 aromatic carbocycles. The number of halogens is 1. The van der Waals surface area contributed by atoms with E-state index in [1.54, 1.807) is 25.4 Å². The minimum Gasteiger partial charge on any atom is -0.496 e. The summed E-state index contributed by atoms with van der Waals surface area (Å²) in [5.74, 6) is 0.460. The largest absolute Gasteiger partial charge is 0.496 e. The van der Waals surface area contributed by atoms with Crippen LogP contribution in [-0.4, -0.2) is 17.9 Å². The second kappa shape index (κ2) is 5.26. The minimum absolute atomic E-state index is 0.102. The van der Waals surface area contributed by atoms with Crippen molar-refractivity contribution in [2.75, 3.05) is 7.11 Å². The third kappa shape index (κ3) is 2.30. The van der Waals surface area contributed by atoms with E-state index in [9.17, 15) is 4.79 Å². The first-order valence-corrected chi connectivity index (χ1v) is 6.94. The number of carbonyl (C=O) groups excluding carboxylic acids is 1. The molecule has 0 fully saturated rings. The fourth-order valence-corrected chi connectivity index (χ4v) is 2.74. The maximum Gasteiger partial charge on any atom is 0.198 e. The molecule has 3 nitrogen and oxygen atoms in total. The lowest BCUT2D eigenvalue weighted by atomic mass is 10.00. The van der Waals surface area contributed by atoms with Gasteiger partial charge in [0.1, 0.15) is 5.75 Å². The first-order valence-electron chi connectivity index (χ1n) is 6.56. The van der Waals surface area contributed by atoms with E-state index in [0.29, 0.717) is 21.9 Å². The predicted molar refractivity (Wildman–Crippen MR) is 84.5 cm³/mol. The van der Waals surface area contributed by atoms with E-state index in [1.165, 1.54) is 0 Å². The summed E-state index contributed by atoms with van der Waals surface area (Å²) in [6.45, 7) is 1.94. The van der Waals surface area contributed by atoms with Crippen LogP contribution in [0.25, 0.3) is 10.9 Å². The van der Waals surface area contributed by atoms with Crippen molar-refractivity contribution in [3.05, 3.63) is 64.3 Å². The molecule has 1 heterocycles. The van der Waals surface area contributed by atoms with Gasteiger partial charge in [0.2, 0.25) is 0 Å². The molecule has 1 N–H and O–H groups in total. The normalized spacial score (nSPS) is 10.8. The maximum atomic E-state index is 12.8. The highest BCUT2D eigenvalue weighted by molar-refractivity contribution is 6.37. The van der Waals surface area contributed by atoms with Crippen LogP contribution in [0.5, 0.6) is 5.75 Å². The highest BCUT2D eigenvalue weighted by Crippen LogP contribution is 2.30. The highest BCUT2D eigenvalue weighted by atomic mass is 35.5. The average molecular weight is 300 g/mol. The van der Waals surface area contributed by atoms with Gasteiger partial charge in [0, 0.05) is 22.7 Å². The second-order valence-electron chi connectivity index (χ2n) is 4.90. The summed E-state index contributed by atoms with van der Waals surface area (Å²) in [6, 6.07) is 11.1. The van der Waals surface area contributed by atoms with Crippen molar-refractivity contribution in [2.24, 2.45) is 0 Å². The number of aryl methyl sites for hydroxylation is 1. The Balaban J connectivity index is 2.20. The van der Waals surface area contributed by atoms with Crippen LogP contribution >= 0.6 is 11.6 Å². The highest BCUT2D eigenvalue weighted by Gasteiger charge is 2.19. The molecule has 0 bridgehead atoms. The summed E-state index contributed by atoms with van der Waals surface area (Å²) in [6.07, 6.45) is 1.70. The van der Waals surface area contributed by atoms with Crippen LogP contribution in [0.3, 0.4) is 0 Å². The first-order chi connectivity index (χ1) is 10.1. The number of hydrogen-bond donors (Lipinski definition) is 1. The van der Waals surface area contributed by atoms with E-state index in [2.05, 4.69) is 4.98 Å². The van der Waals surface area contributed by atoms with Gasteiger partial charge in [-0.15, -0.1) is 0 Å². The number of ether oxygens (including phenoxy) is 1. The fourth-order valence-electron chi connectivity index (χ4n) is 2.46. The van der Waals surface area contributed by atoms with Crippen molar-refractivity contribution in [3.8, 4) is 5.75 Å². The number of nitrogens with one attached hydrogen (secondary N) is 1. The molecule has 0 saturated carbocycles. The Kier molecular flexibility index (Phi) is 3.43. The van der Waals surface area contributed by atoms with Gasteiger partial charge in [-0.3, -0.25) is 4.79 Å². The van der Waals surface area contributed by atoms with Crippen LogP contribution in [0.1, 0.15) is 21.5 Å². The maximum absolute atomic E-state index is 12.8. The molecule has 21 heavy (non-hydrogen) atoms. The molecule has 3 aromatic rings. The van der Waals surface area contributed by atoms with Crippen molar-refractivity contribution >= 4 is 28.3 Å². The Bertz CT molecular complexity index is 836. The van der Waals surface area contributed by atoms with Crippen LogP contribution in [-0.2, 0) is 0 Å². The SMILES string of the molecule is COc1ccc(C)cc1C(=O)c1c[nH]c2cccc(Cl)c12. The average Bonchev–Trinajstić information content (AvgIpc) is 2.92. The number of rotatable bonds is 3. The molecule has 0 aliphatic rings. The topological polar surface area (TPSA) is 42.1 Å². The number of H-pyrrole nitrogens is 1. The molecule has 0 radical (unpaired) electrons. The van der Waals surface area contributed by atoms with E-state index >= 15 is 0 Å². The van der Waals surface area contributed by atoms with Gasteiger partial charge >= 0.3 is 0 Å². The zero-order valence-electron chi connectivity index (χ0n) is 11.7. The third-order valence-corrected chi connectivity index (χ3v) is 3.81. The van der Waals surface area contributed by atoms with E-state index in [1.807, 2.05) is 31.2 Å². The van der Waals surface area contributed by atoms with Crippen LogP contribution in [0, 0.1) is 6.92 Å². The fraction of sp³-hybridized carbons (Fsp3) is 0.118. The van der Waals surface area contributed by atoms with Gasteiger partial charge in [-0.05, 0) is 31.2 Å². The van der Waals surface area contributed by atoms with Crippen molar-refractivity contribution in [1.82, 2.24) is 4.98 Å². The smallest absolute Gasteiger partial charge is 0.198 e. The zero-order chi connectivity index (χ0) is 15.0. The quantitative estimate of drug-likeness (QED) is 0.730. The Labute approximate surface area is 127 Å². The summed E-state index contributed by atoms with van der Waals surface area (Å²) in [5.41, 5.74) is 2.94. The molecule has 0 spiro atoms. The first kappa shape index (κ1) is 13.7. The third-order valence-electron chi connectivity index (χ3n) is 3.50. The molecular formula is C17H14ClNO2. The molecule has 0 unspecified atom stereocenters. The van der Waals surface area contributed by atoms with Gasteiger partial charge in [-0.25, -0.2) is 0 Å². The molecule has 0 atom stereocenters. The van der Waals surface area contributed by atoms with Crippen molar-refractivity contribution in [2.45, 2.75) is 6.92 Å².